The summed E-state index contributed by atoms with van der Waals surface area (Å²) in [6.07, 6.45) is 0.895. The van der Waals surface area contributed by atoms with Crippen LogP contribution in [0.3, 0.4) is 0 Å². The minimum atomic E-state index is -5.80. The zero-order valence-corrected chi connectivity index (χ0v) is 12.2. The van der Waals surface area contributed by atoms with Crippen LogP contribution >= 0.6 is 0 Å². The third-order valence-corrected chi connectivity index (χ3v) is 3.45. The summed E-state index contributed by atoms with van der Waals surface area (Å²) in [5.41, 5.74) is -5.55. The second-order valence-electron chi connectivity index (χ2n) is 4.09. The van der Waals surface area contributed by atoms with E-state index in [4.69, 9.17) is 0 Å². The van der Waals surface area contributed by atoms with Crippen molar-refractivity contribution in [2.24, 2.45) is 0 Å². The summed E-state index contributed by atoms with van der Waals surface area (Å²) in [7, 11) is -5.80. The van der Waals surface area contributed by atoms with E-state index in [9.17, 15) is 26.4 Å². The Morgan fingerprint density at radius 2 is 1.75 bits per heavy atom. The number of esters is 1. The van der Waals surface area contributed by atoms with Gasteiger partial charge in [0, 0.05) is 0 Å². The molecular weight excluding hydrogens is 301 g/mol. The number of ether oxygens (including phenoxy) is 1. The number of unbranched alkanes of at least 4 members (excludes halogenated alkanes) is 3. The van der Waals surface area contributed by atoms with Gasteiger partial charge in [0.25, 0.3) is 0 Å². The number of hydrogen-bond donors (Lipinski definition) is 0. The number of carbonyl (C=O) groups excluding carboxylic acids is 1. The Bertz CT molecular complexity index is 391. The molecule has 0 spiro atoms. The van der Waals surface area contributed by atoms with E-state index in [1.807, 2.05) is 6.92 Å². The van der Waals surface area contributed by atoms with Gasteiger partial charge in [0.15, 0.2) is 6.10 Å². The predicted octanol–water partition coefficient (Wildman–Crippen LogP) is 2.75. The maximum atomic E-state index is 12.2. The lowest BCUT2D eigenvalue weighted by Crippen LogP contribution is -2.35. The highest BCUT2D eigenvalue weighted by Gasteiger charge is 2.49. The Kier molecular flexibility index (Phi) is 8.10. The van der Waals surface area contributed by atoms with Crippen molar-refractivity contribution in [3.05, 3.63) is 0 Å². The van der Waals surface area contributed by atoms with Crippen LogP contribution in [-0.2, 0) is 23.8 Å². The van der Waals surface area contributed by atoms with Gasteiger partial charge in [0.1, 0.15) is 0 Å². The normalized spacial score (nSPS) is 14.1. The zero-order chi connectivity index (χ0) is 15.8. The first kappa shape index (κ1) is 19.2. The van der Waals surface area contributed by atoms with Crippen LogP contribution in [0, 0.1) is 0 Å². The molecule has 0 aromatic rings. The molecule has 0 aromatic carbocycles. The number of hydrogen-bond acceptors (Lipinski definition) is 5. The monoisotopic (exact) mass is 320 g/mol. The molecule has 0 rings (SSSR count). The van der Waals surface area contributed by atoms with Crippen molar-refractivity contribution in [3.8, 4) is 0 Å². The summed E-state index contributed by atoms with van der Waals surface area (Å²) in [6, 6.07) is 0. The van der Waals surface area contributed by atoms with Crippen molar-refractivity contribution in [1.29, 1.82) is 0 Å². The average Bonchev–Trinajstić information content (AvgIpc) is 2.31. The second kappa shape index (κ2) is 8.46. The van der Waals surface area contributed by atoms with Crippen LogP contribution in [0.5, 0.6) is 0 Å². The highest BCUT2D eigenvalue weighted by molar-refractivity contribution is 7.87. The molecule has 120 valence electrons. The van der Waals surface area contributed by atoms with E-state index < -0.39 is 27.7 Å². The number of rotatable bonds is 9. The van der Waals surface area contributed by atoms with Gasteiger partial charge in [-0.3, -0.25) is 0 Å². The summed E-state index contributed by atoms with van der Waals surface area (Å²) < 4.78 is 67.0. The van der Waals surface area contributed by atoms with Gasteiger partial charge in [-0.25, -0.2) is 8.98 Å². The fraction of sp³-hybridized carbons (Fsp3) is 0.909. The fourth-order valence-corrected chi connectivity index (χ4v) is 1.99. The van der Waals surface area contributed by atoms with Crippen LogP contribution in [0.25, 0.3) is 0 Å². The number of halogens is 3. The molecule has 0 fully saturated rings. The molecule has 0 radical (unpaired) electrons. The molecule has 1 atom stereocenters. The Hall–Kier alpha value is -0.830. The lowest BCUT2D eigenvalue weighted by Gasteiger charge is -2.17. The first-order valence-corrected chi connectivity index (χ1v) is 7.72. The van der Waals surface area contributed by atoms with Crippen molar-refractivity contribution < 1.29 is 35.3 Å². The van der Waals surface area contributed by atoms with E-state index in [0.717, 1.165) is 12.8 Å². The van der Waals surface area contributed by atoms with Crippen LogP contribution in [0.2, 0.25) is 0 Å². The van der Waals surface area contributed by atoms with E-state index in [1.54, 1.807) is 0 Å². The average molecular weight is 320 g/mol. The van der Waals surface area contributed by atoms with Crippen LogP contribution in [0.1, 0.15) is 46.0 Å². The van der Waals surface area contributed by atoms with Crippen LogP contribution in [-0.4, -0.2) is 32.6 Å². The maximum absolute atomic E-state index is 12.2. The summed E-state index contributed by atoms with van der Waals surface area (Å²) in [5, 5.41) is 0. The second-order valence-corrected chi connectivity index (χ2v) is 5.65. The quantitative estimate of drug-likeness (QED) is 0.283. The van der Waals surface area contributed by atoms with Crippen molar-refractivity contribution >= 4 is 16.1 Å². The third-order valence-electron chi connectivity index (χ3n) is 2.40. The Morgan fingerprint density at radius 1 is 1.15 bits per heavy atom. The maximum Gasteiger partial charge on any atom is 0.523 e. The summed E-state index contributed by atoms with van der Waals surface area (Å²) in [4.78, 5) is 11.4. The molecule has 1 unspecified atom stereocenters. The summed E-state index contributed by atoms with van der Waals surface area (Å²) in [5.74, 6) is -1.10. The largest absolute Gasteiger partial charge is 0.523 e. The molecule has 0 saturated carbocycles. The van der Waals surface area contributed by atoms with Gasteiger partial charge in [0.2, 0.25) is 0 Å². The fourth-order valence-electron chi connectivity index (χ4n) is 1.40. The molecular formula is C11H19F3O5S. The number of carbonyl (C=O) groups is 1. The Balaban J connectivity index is 4.73. The smallest absolute Gasteiger partial charge is 0.464 e. The molecule has 20 heavy (non-hydrogen) atoms. The van der Waals surface area contributed by atoms with E-state index >= 15 is 0 Å². The van der Waals surface area contributed by atoms with Gasteiger partial charge in [0.05, 0.1) is 6.61 Å². The van der Waals surface area contributed by atoms with Crippen molar-refractivity contribution in [2.45, 2.75) is 57.6 Å². The van der Waals surface area contributed by atoms with Gasteiger partial charge in [-0.2, -0.15) is 21.6 Å². The third kappa shape index (κ3) is 6.56. The van der Waals surface area contributed by atoms with E-state index in [-0.39, 0.29) is 13.0 Å². The number of alkyl halides is 3. The van der Waals surface area contributed by atoms with E-state index in [1.165, 1.54) is 6.92 Å². The van der Waals surface area contributed by atoms with Gasteiger partial charge in [-0.05, 0) is 13.3 Å². The first-order chi connectivity index (χ1) is 9.15. The molecule has 0 aliphatic heterocycles. The van der Waals surface area contributed by atoms with Gasteiger partial charge in [-0.1, -0.05) is 32.6 Å². The van der Waals surface area contributed by atoms with E-state index in [0.29, 0.717) is 12.8 Å². The molecule has 0 amide bonds. The molecule has 0 aromatic heterocycles. The SMILES string of the molecule is CCCCCCC(OS(=O)(=O)C(F)(F)F)C(=O)OCC. The highest BCUT2D eigenvalue weighted by Crippen LogP contribution is 2.27. The predicted molar refractivity (Wildman–Crippen MR) is 65.2 cm³/mol. The van der Waals surface area contributed by atoms with Crippen molar-refractivity contribution in [1.82, 2.24) is 0 Å². The van der Waals surface area contributed by atoms with Crippen molar-refractivity contribution in [2.75, 3.05) is 6.61 Å². The van der Waals surface area contributed by atoms with E-state index in [2.05, 4.69) is 8.92 Å². The van der Waals surface area contributed by atoms with Gasteiger partial charge in [-0.15, -0.1) is 0 Å². The zero-order valence-electron chi connectivity index (χ0n) is 11.4. The Labute approximate surface area is 116 Å². The molecule has 0 bridgehead atoms. The van der Waals surface area contributed by atoms with Crippen LogP contribution in [0.4, 0.5) is 13.2 Å². The molecule has 0 heterocycles. The standard InChI is InChI=1S/C11H19F3O5S/c1-3-5-6-7-8-9(10(15)18-4-2)19-20(16,17)11(12,13)14/h9H,3-8H2,1-2H3. The first-order valence-electron chi connectivity index (χ1n) is 6.31. The van der Waals surface area contributed by atoms with Crippen LogP contribution in [0.15, 0.2) is 0 Å². The molecule has 0 aliphatic carbocycles. The minimum absolute atomic E-state index is 0.0697. The molecule has 0 saturated heterocycles. The van der Waals surface area contributed by atoms with Crippen LogP contribution < -0.4 is 0 Å². The highest BCUT2D eigenvalue weighted by atomic mass is 32.2. The van der Waals surface area contributed by atoms with Gasteiger partial charge < -0.3 is 4.74 Å². The lowest BCUT2D eigenvalue weighted by atomic mass is 10.1. The van der Waals surface area contributed by atoms with Gasteiger partial charge >= 0.3 is 21.6 Å². The molecule has 0 aliphatic rings. The summed E-state index contributed by atoms with van der Waals surface area (Å²) >= 11 is 0. The molecule has 5 nitrogen and oxygen atoms in total. The van der Waals surface area contributed by atoms with Crippen molar-refractivity contribution in [3.63, 3.8) is 0 Å². The summed E-state index contributed by atoms with van der Waals surface area (Å²) in [6.45, 7) is 3.33. The topological polar surface area (TPSA) is 69.7 Å². The molecule has 9 heteroatoms. The minimum Gasteiger partial charge on any atom is -0.464 e. The molecule has 0 N–H and O–H groups in total. The lowest BCUT2D eigenvalue weighted by molar-refractivity contribution is -0.152. The Morgan fingerprint density at radius 3 is 2.20 bits per heavy atom.